The van der Waals surface area contributed by atoms with Crippen molar-refractivity contribution in [2.24, 2.45) is 0 Å². The fourth-order valence-electron chi connectivity index (χ4n) is 2.84. The summed E-state index contributed by atoms with van der Waals surface area (Å²) in [6.07, 6.45) is 7.88. The van der Waals surface area contributed by atoms with Crippen LogP contribution in [0.3, 0.4) is 0 Å². The first-order valence-corrected chi connectivity index (χ1v) is 6.85. The summed E-state index contributed by atoms with van der Waals surface area (Å²) < 4.78 is 0. The molecule has 1 aromatic rings. The minimum absolute atomic E-state index is 0.667. The van der Waals surface area contributed by atoms with Gasteiger partial charge in [-0.1, -0.05) is 26.7 Å². The maximum absolute atomic E-state index is 4.50. The second-order valence-corrected chi connectivity index (χ2v) is 4.94. The molecule has 0 radical (unpaired) electrons. The molecule has 94 valence electrons. The molecule has 0 fully saturated rings. The molecule has 17 heavy (non-hydrogen) atoms. The zero-order chi connectivity index (χ0) is 12.3. The highest BCUT2D eigenvalue weighted by atomic mass is 15.2. The summed E-state index contributed by atoms with van der Waals surface area (Å²) in [6.45, 7) is 7.76. The van der Waals surface area contributed by atoms with Gasteiger partial charge in [-0.15, -0.1) is 0 Å². The highest BCUT2D eigenvalue weighted by Gasteiger charge is 2.27. The van der Waals surface area contributed by atoms with Crippen molar-refractivity contribution in [1.82, 2.24) is 9.97 Å². The zero-order valence-electron chi connectivity index (χ0n) is 11.2. The molecule has 0 saturated carbocycles. The SMILES string of the molecule is CCCC(CCC)N1CCc2c(C)ncnc21. The minimum Gasteiger partial charge on any atom is -0.353 e. The van der Waals surface area contributed by atoms with Crippen LogP contribution in [0.1, 0.15) is 50.8 Å². The first kappa shape index (κ1) is 12.3. The minimum atomic E-state index is 0.667. The second kappa shape index (κ2) is 5.48. The first-order chi connectivity index (χ1) is 8.27. The molecule has 2 heterocycles. The highest BCUT2D eigenvalue weighted by molar-refractivity contribution is 5.54. The number of fused-ring (bicyclic) bond motifs is 1. The molecular formula is C14H23N3. The Morgan fingerprint density at radius 1 is 1.24 bits per heavy atom. The molecule has 0 bridgehead atoms. The van der Waals surface area contributed by atoms with Gasteiger partial charge in [-0.3, -0.25) is 0 Å². The van der Waals surface area contributed by atoms with Gasteiger partial charge in [0.05, 0.1) is 0 Å². The topological polar surface area (TPSA) is 29.0 Å². The van der Waals surface area contributed by atoms with E-state index in [0.29, 0.717) is 6.04 Å². The fourth-order valence-corrected chi connectivity index (χ4v) is 2.84. The lowest BCUT2D eigenvalue weighted by atomic mass is 10.1. The fraction of sp³-hybridized carbons (Fsp3) is 0.714. The van der Waals surface area contributed by atoms with Crippen LogP contribution in [0.2, 0.25) is 0 Å². The van der Waals surface area contributed by atoms with E-state index in [0.717, 1.165) is 18.7 Å². The average molecular weight is 233 g/mol. The van der Waals surface area contributed by atoms with Gasteiger partial charge < -0.3 is 4.90 Å². The summed E-state index contributed by atoms with van der Waals surface area (Å²) in [5.74, 6) is 1.20. The lowest BCUT2D eigenvalue weighted by Gasteiger charge is -2.29. The molecule has 3 heteroatoms. The molecule has 2 rings (SSSR count). The van der Waals surface area contributed by atoms with Crippen LogP contribution in [-0.2, 0) is 6.42 Å². The average Bonchev–Trinajstić information content (AvgIpc) is 2.74. The van der Waals surface area contributed by atoms with Crippen LogP contribution in [0, 0.1) is 6.92 Å². The molecule has 3 nitrogen and oxygen atoms in total. The predicted octanol–water partition coefficient (Wildman–Crippen LogP) is 3.12. The van der Waals surface area contributed by atoms with Crippen molar-refractivity contribution in [1.29, 1.82) is 0 Å². The Bertz CT molecular complexity index is 370. The summed E-state index contributed by atoms with van der Waals surface area (Å²) in [5.41, 5.74) is 2.52. The van der Waals surface area contributed by atoms with Crippen molar-refractivity contribution in [2.75, 3.05) is 11.4 Å². The van der Waals surface area contributed by atoms with Crippen molar-refractivity contribution < 1.29 is 0 Å². The van der Waals surface area contributed by atoms with Crippen LogP contribution in [0.15, 0.2) is 6.33 Å². The van der Waals surface area contributed by atoms with Crippen LogP contribution in [0.5, 0.6) is 0 Å². The van der Waals surface area contributed by atoms with E-state index in [9.17, 15) is 0 Å². The van der Waals surface area contributed by atoms with Gasteiger partial charge in [0, 0.05) is 23.8 Å². The molecule has 0 unspecified atom stereocenters. The number of hydrogen-bond acceptors (Lipinski definition) is 3. The van der Waals surface area contributed by atoms with Crippen molar-refractivity contribution in [3.8, 4) is 0 Å². The standard InChI is InChI=1S/C14H23N3/c1-4-6-12(7-5-2)17-9-8-13-11(3)15-10-16-14(13)17/h10,12H,4-9H2,1-3H3. The van der Waals surface area contributed by atoms with Gasteiger partial charge in [-0.05, 0) is 26.2 Å². The number of nitrogens with zero attached hydrogens (tertiary/aromatic N) is 3. The highest BCUT2D eigenvalue weighted by Crippen LogP contribution is 2.31. The third-order valence-electron chi connectivity index (χ3n) is 3.70. The first-order valence-electron chi connectivity index (χ1n) is 6.85. The second-order valence-electron chi connectivity index (χ2n) is 4.94. The van der Waals surface area contributed by atoms with Gasteiger partial charge >= 0.3 is 0 Å². The quantitative estimate of drug-likeness (QED) is 0.782. The van der Waals surface area contributed by atoms with Crippen molar-refractivity contribution in [3.05, 3.63) is 17.6 Å². The normalized spacial score (nSPS) is 14.5. The Hall–Kier alpha value is -1.12. The van der Waals surface area contributed by atoms with Crippen LogP contribution >= 0.6 is 0 Å². The molecule has 0 saturated heterocycles. The molecule has 0 aliphatic carbocycles. The zero-order valence-corrected chi connectivity index (χ0v) is 11.2. The summed E-state index contributed by atoms with van der Waals surface area (Å²) in [6, 6.07) is 0.667. The van der Waals surface area contributed by atoms with Gasteiger partial charge in [0.2, 0.25) is 0 Å². The molecule has 1 aliphatic heterocycles. The summed E-state index contributed by atoms with van der Waals surface area (Å²) in [4.78, 5) is 11.3. The van der Waals surface area contributed by atoms with Gasteiger partial charge in [0.15, 0.2) is 0 Å². The van der Waals surface area contributed by atoms with Gasteiger partial charge in [0.1, 0.15) is 12.1 Å². The Kier molecular flexibility index (Phi) is 3.97. The Balaban J connectivity index is 2.22. The molecule has 1 aliphatic rings. The molecule has 0 atom stereocenters. The number of hydrogen-bond donors (Lipinski definition) is 0. The Morgan fingerprint density at radius 2 is 1.94 bits per heavy atom. The smallest absolute Gasteiger partial charge is 0.135 e. The lowest BCUT2D eigenvalue weighted by Crippen LogP contribution is -2.34. The summed E-state index contributed by atoms with van der Waals surface area (Å²) in [5, 5.41) is 0. The van der Waals surface area contributed by atoms with E-state index in [2.05, 4.69) is 35.6 Å². The largest absolute Gasteiger partial charge is 0.353 e. The van der Waals surface area contributed by atoms with Crippen molar-refractivity contribution in [3.63, 3.8) is 0 Å². The van der Waals surface area contributed by atoms with E-state index in [1.165, 1.54) is 37.1 Å². The van der Waals surface area contributed by atoms with Gasteiger partial charge in [-0.25, -0.2) is 9.97 Å². The molecule has 0 N–H and O–H groups in total. The number of aryl methyl sites for hydroxylation is 1. The third kappa shape index (κ3) is 2.43. The predicted molar refractivity (Wildman–Crippen MR) is 71.4 cm³/mol. The molecule has 0 aromatic carbocycles. The summed E-state index contributed by atoms with van der Waals surface area (Å²) in [7, 11) is 0. The molecule has 0 spiro atoms. The number of aromatic nitrogens is 2. The van der Waals surface area contributed by atoms with E-state index < -0.39 is 0 Å². The number of rotatable bonds is 5. The monoisotopic (exact) mass is 233 g/mol. The van der Waals surface area contributed by atoms with Crippen molar-refractivity contribution >= 4 is 5.82 Å². The molecule has 1 aromatic heterocycles. The lowest BCUT2D eigenvalue weighted by molar-refractivity contribution is 0.511. The van der Waals surface area contributed by atoms with E-state index in [1.807, 2.05) is 0 Å². The maximum Gasteiger partial charge on any atom is 0.135 e. The summed E-state index contributed by atoms with van der Waals surface area (Å²) >= 11 is 0. The van der Waals surface area contributed by atoms with Gasteiger partial charge in [-0.2, -0.15) is 0 Å². The van der Waals surface area contributed by atoms with Crippen LogP contribution < -0.4 is 4.90 Å². The third-order valence-corrected chi connectivity index (χ3v) is 3.70. The van der Waals surface area contributed by atoms with Gasteiger partial charge in [0.25, 0.3) is 0 Å². The molecule has 0 amide bonds. The maximum atomic E-state index is 4.50. The van der Waals surface area contributed by atoms with Crippen LogP contribution in [0.25, 0.3) is 0 Å². The Labute approximate surface area is 104 Å². The van der Waals surface area contributed by atoms with Crippen LogP contribution in [-0.4, -0.2) is 22.6 Å². The van der Waals surface area contributed by atoms with E-state index in [1.54, 1.807) is 6.33 Å². The Morgan fingerprint density at radius 3 is 2.59 bits per heavy atom. The van der Waals surface area contributed by atoms with Crippen LogP contribution in [0.4, 0.5) is 5.82 Å². The van der Waals surface area contributed by atoms with Crippen molar-refractivity contribution in [2.45, 2.75) is 58.9 Å². The molecular weight excluding hydrogens is 210 g/mol. The number of anilines is 1. The van der Waals surface area contributed by atoms with E-state index in [-0.39, 0.29) is 0 Å². The van der Waals surface area contributed by atoms with E-state index in [4.69, 9.17) is 0 Å². The van der Waals surface area contributed by atoms with E-state index >= 15 is 0 Å².